The Morgan fingerprint density at radius 1 is 0.958 bits per heavy atom. The van der Waals surface area contributed by atoms with Crippen LogP contribution in [0.15, 0.2) is 53.4 Å². The Kier molecular flexibility index (Phi) is 6.14. The lowest BCUT2D eigenvalue weighted by atomic mass is 10.1. The van der Waals surface area contributed by atoms with Gasteiger partial charge < -0.3 is 10.6 Å². The number of para-hydroxylation sites is 1. The van der Waals surface area contributed by atoms with Crippen molar-refractivity contribution in [2.24, 2.45) is 0 Å². The summed E-state index contributed by atoms with van der Waals surface area (Å²) in [7, 11) is 0. The van der Waals surface area contributed by atoms with E-state index in [1.807, 2.05) is 18.2 Å². The first-order valence-corrected chi connectivity index (χ1v) is 8.34. The molecule has 0 aliphatic rings. The van der Waals surface area contributed by atoms with Gasteiger partial charge in [-0.25, -0.2) is 0 Å². The minimum Gasteiger partial charge on any atom is -0.325 e. The molecule has 0 aliphatic heterocycles. The Balaban J connectivity index is 1.98. The van der Waals surface area contributed by atoms with Crippen LogP contribution in [-0.4, -0.2) is 23.4 Å². The lowest BCUT2D eigenvalue weighted by Gasteiger charge is -2.10. The summed E-state index contributed by atoms with van der Waals surface area (Å²) >= 11 is 1.33. The molecule has 0 saturated heterocycles. The summed E-state index contributed by atoms with van der Waals surface area (Å²) in [6.45, 7) is 2.92. The van der Waals surface area contributed by atoms with Crippen LogP contribution in [0.2, 0.25) is 0 Å². The van der Waals surface area contributed by atoms with Gasteiger partial charge in [-0.2, -0.15) is 0 Å². The van der Waals surface area contributed by atoms with E-state index >= 15 is 0 Å². The molecule has 124 valence electrons. The van der Waals surface area contributed by atoms with Gasteiger partial charge >= 0.3 is 0 Å². The fourth-order valence-electron chi connectivity index (χ4n) is 2.04. The molecule has 2 aromatic rings. The van der Waals surface area contributed by atoms with Crippen LogP contribution in [0.5, 0.6) is 0 Å². The molecule has 0 aromatic heterocycles. The van der Waals surface area contributed by atoms with Gasteiger partial charge in [-0.1, -0.05) is 24.3 Å². The fourth-order valence-corrected chi connectivity index (χ4v) is 2.85. The van der Waals surface area contributed by atoms with Crippen LogP contribution in [0.4, 0.5) is 11.4 Å². The summed E-state index contributed by atoms with van der Waals surface area (Å²) in [5.41, 5.74) is 1.82. The molecular formula is C18H18N2O3S. The van der Waals surface area contributed by atoms with Crippen molar-refractivity contribution in [2.75, 3.05) is 16.4 Å². The molecular weight excluding hydrogens is 324 g/mol. The molecule has 0 unspecified atom stereocenters. The normalized spacial score (nSPS) is 10.1. The van der Waals surface area contributed by atoms with Crippen molar-refractivity contribution in [1.82, 2.24) is 0 Å². The summed E-state index contributed by atoms with van der Waals surface area (Å²) in [5.74, 6) is -0.197. The molecule has 0 bridgehead atoms. The maximum Gasteiger partial charge on any atom is 0.234 e. The van der Waals surface area contributed by atoms with Crippen molar-refractivity contribution < 1.29 is 14.4 Å². The summed E-state index contributed by atoms with van der Waals surface area (Å²) in [6.07, 6.45) is 0. The average molecular weight is 342 g/mol. The van der Waals surface area contributed by atoms with Gasteiger partial charge in [0.15, 0.2) is 5.78 Å². The lowest BCUT2D eigenvalue weighted by molar-refractivity contribution is -0.114. The summed E-state index contributed by atoms with van der Waals surface area (Å²) in [6, 6.07) is 14.1. The topological polar surface area (TPSA) is 75.3 Å². The molecule has 24 heavy (non-hydrogen) atoms. The zero-order valence-electron chi connectivity index (χ0n) is 13.5. The summed E-state index contributed by atoms with van der Waals surface area (Å²) < 4.78 is 0. The minimum absolute atomic E-state index is 0.0512. The number of nitrogens with one attached hydrogen (secondary N) is 2. The molecule has 5 nitrogen and oxygen atoms in total. The number of anilines is 2. The van der Waals surface area contributed by atoms with Gasteiger partial charge in [0.25, 0.3) is 0 Å². The fraction of sp³-hybridized carbons (Fsp3) is 0.167. The molecule has 2 amide bonds. The van der Waals surface area contributed by atoms with E-state index in [1.54, 1.807) is 30.3 Å². The van der Waals surface area contributed by atoms with Crippen molar-refractivity contribution in [3.63, 3.8) is 0 Å². The molecule has 0 heterocycles. The molecule has 0 aliphatic carbocycles. The number of carbonyl (C=O) groups is 3. The average Bonchev–Trinajstić information content (AvgIpc) is 2.53. The third kappa shape index (κ3) is 5.24. The second-order valence-electron chi connectivity index (χ2n) is 5.15. The second kappa shape index (κ2) is 8.31. The lowest BCUT2D eigenvalue weighted by Crippen LogP contribution is -2.14. The zero-order valence-corrected chi connectivity index (χ0v) is 14.3. The van der Waals surface area contributed by atoms with E-state index in [2.05, 4.69) is 10.6 Å². The van der Waals surface area contributed by atoms with Crippen LogP contribution in [0.25, 0.3) is 0 Å². The number of hydrogen-bond donors (Lipinski definition) is 2. The maximum atomic E-state index is 12.1. The molecule has 6 heteroatoms. The third-order valence-corrected chi connectivity index (χ3v) is 4.18. The van der Waals surface area contributed by atoms with E-state index in [0.29, 0.717) is 16.9 Å². The number of ketones is 1. The number of amides is 2. The monoisotopic (exact) mass is 342 g/mol. The smallest absolute Gasteiger partial charge is 0.234 e. The van der Waals surface area contributed by atoms with Gasteiger partial charge in [0.2, 0.25) is 11.8 Å². The molecule has 2 rings (SSSR count). The molecule has 0 saturated carbocycles. The van der Waals surface area contributed by atoms with E-state index in [1.165, 1.54) is 25.6 Å². The molecule has 0 radical (unpaired) electrons. The largest absolute Gasteiger partial charge is 0.325 e. The van der Waals surface area contributed by atoms with Gasteiger partial charge in [0, 0.05) is 23.1 Å². The number of carbonyl (C=O) groups excluding carboxylic acids is 3. The summed E-state index contributed by atoms with van der Waals surface area (Å²) in [4.78, 5) is 35.5. The Labute approximate surface area is 144 Å². The highest BCUT2D eigenvalue weighted by Crippen LogP contribution is 2.27. The first kappa shape index (κ1) is 17.7. The van der Waals surface area contributed by atoms with E-state index in [4.69, 9.17) is 0 Å². The van der Waals surface area contributed by atoms with Crippen LogP contribution in [0, 0.1) is 0 Å². The molecule has 0 atom stereocenters. The van der Waals surface area contributed by atoms with Gasteiger partial charge in [-0.3, -0.25) is 14.4 Å². The molecule has 0 spiro atoms. The van der Waals surface area contributed by atoms with Crippen LogP contribution in [0.3, 0.4) is 0 Å². The molecule has 2 aromatic carbocycles. The summed E-state index contributed by atoms with van der Waals surface area (Å²) in [5, 5.41) is 5.51. The number of benzene rings is 2. The van der Waals surface area contributed by atoms with E-state index in [0.717, 1.165) is 4.90 Å². The van der Waals surface area contributed by atoms with E-state index < -0.39 is 0 Å². The van der Waals surface area contributed by atoms with Gasteiger partial charge in [0.05, 0.1) is 11.4 Å². The Morgan fingerprint density at radius 3 is 2.42 bits per heavy atom. The number of Topliss-reactive ketones (excluding diaryl/α,β-unsaturated/α-hetero) is 1. The van der Waals surface area contributed by atoms with Crippen molar-refractivity contribution in [2.45, 2.75) is 18.7 Å². The van der Waals surface area contributed by atoms with E-state index in [-0.39, 0.29) is 23.4 Å². The predicted octanol–water partition coefficient (Wildman–Crippen LogP) is 3.58. The number of rotatable bonds is 6. The third-order valence-electron chi connectivity index (χ3n) is 3.11. The standard InChI is InChI=1S/C18H18N2O3S/c1-12(21)14-6-5-7-15(10-14)20-18(23)11-24-17-9-4-3-8-16(17)19-13(2)22/h3-10H,11H2,1-2H3,(H,19,22)(H,20,23). The van der Waals surface area contributed by atoms with Gasteiger partial charge in [0.1, 0.15) is 0 Å². The van der Waals surface area contributed by atoms with E-state index in [9.17, 15) is 14.4 Å². The Morgan fingerprint density at radius 2 is 1.71 bits per heavy atom. The predicted molar refractivity (Wildman–Crippen MR) is 96.5 cm³/mol. The second-order valence-corrected chi connectivity index (χ2v) is 6.17. The van der Waals surface area contributed by atoms with Crippen molar-refractivity contribution in [1.29, 1.82) is 0 Å². The highest BCUT2D eigenvalue weighted by molar-refractivity contribution is 8.00. The molecule has 2 N–H and O–H groups in total. The first-order valence-electron chi connectivity index (χ1n) is 7.36. The quantitative estimate of drug-likeness (QED) is 0.621. The maximum absolute atomic E-state index is 12.1. The molecule has 0 fully saturated rings. The van der Waals surface area contributed by atoms with Crippen molar-refractivity contribution in [3.8, 4) is 0 Å². The van der Waals surface area contributed by atoms with Gasteiger partial charge in [-0.05, 0) is 31.2 Å². The first-order chi connectivity index (χ1) is 11.5. The van der Waals surface area contributed by atoms with Crippen LogP contribution in [0.1, 0.15) is 24.2 Å². The highest BCUT2D eigenvalue weighted by Gasteiger charge is 2.09. The van der Waals surface area contributed by atoms with Crippen molar-refractivity contribution >= 4 is 40.7 Å². The van der Waals surface area contributed by atoms with Gasteiger partial charge in [-0.15, -0.1) is 11.8 Å². The number of thioether (sulfide) groups is 1. The van der Waals surface area contributed by atoms with Crippen molar-refractivity contribution in [3.05, 3.63) is 54.1 Å². The Bertz CT molecular complexity index is 774. The minimum atomic E-state index is -0.182. The Hall–Kier alpha value is -2.60. The van der Waals surface area contributed by atoms with Crippen LogP contribution in [-0.2, 0) is 9.59 Å². The number of hydrogen-bond acceptors (Lipinski definition) is 4. The highest BCUT2D eigenvalue weighted by atomic mass is 32.2. The van der Waals surface area contributed by atoms with Crippen LogP contribution >= 0.6 is 11.8 Å². The van der Waals surface area contributed by atoms with Crippen LogP contribution < -0.4 is 10.6 Å². The zero-order chi connectivity index (χ0) is 17.5. The SMILES string of the molecule is CC(=O)Nc1ccccc1SCC(=O)Nc1cccc(C(C)=O)c1.